The van der Waals surface area contributed by atoms with Gasteiger partial charge < -0.3 is 16.0 Å². The molecular formula is C15H27N3O2S. The van der Waals surface area contributed by atoms with Crippen LogP contribution in [0.25, 0.3) is 0 Å². The summed E-state index contributed by atoms with van der Waals surface area (Å²) in [5.41, 5.74) is 5.45. The largest absolute Gasteiger partial charge is 0.352 e. The van der Waals surface area contributed by atoms with Crippen LogP contribution in [0, 0.1) is 5.41 Å². The van der Waals surface area contributed by atoms with Gasteiger partial charge in [0.15, 0.2) is 0 Å². The number of nitrogens with two attached hydrogens (primary N) is 1. The first-order valence-electron chi connectivity index (χ1n) is 7.74. The van der Waals surface area contributed by atoms with Gasteiger partial charge in [-0.3, -0.25) is 9.59 Å². The van der Waals surface area contributed by atoms with E-state index in [4.69, 9.17) is 5.73 Å². The lowest BCUT2D eigenvalue weighted by atomic mass is 9.91. The molecule has 120 valence electrons. The summed E-state index contributed by atoms with van der Waals surface area (Å²) >= 11 is 1.65. The first kappa shape index (κ1) is 16.6. The number of nitrogens with one attached hydrogen (secondary N) is 1. The molecule has 0 spiro atoms. The third-order valence-corrected chi connectivity index (χ3v) is 5.22. The summed E-state index contributed by atoms with van der Waals surface area (Å²) in [7, 11) is 0. The molecule has 0 bridgehead atoms. The minimum atomic E-state index is -0.443. The fourth-order valence-corrected chi connectivity index (χ4v) is 4.01. The van der Waals surface area contributed by atoms with E-state index in [0.717, 1.165) is 25.7 Å². The Labute approximate surface area is 131 Å². The number of rotatable bonds is 2. The highest BCUT2D eigenvalue weighted by atomic mass is 32.2. The molecule has 1 heterocycles. The Kier molecular flexibility index (Phi) is 5.20. The monoisotopic (exact) mass is 313 g/mol. The van der Waals surface area contributed by atoms with E-state index in [1.54, 1.807) is 16.7 Å². The van der Waals surface area contributed by atoms with E-state index < -0.39 is 5.41 Å². The van der Waals surface area contributed by atoms with Gasteiger partial charge in [0.2, 0.25) is 11.8 Å². The van der Waals surface area contributed by atoms with Crippen LogP contribution >= 0.6 is 11.8 Å². The van der Waals surface area contributed by atoms with Gasteiger partial charge in [0.25, 0.3) is 0 Å². The zero-order valence-corrected chi connectivity index (χ0v) is 14.0. The van der Waals surface area contributed by atoms with E-state index in [9.17, 15) is 9.59 Å². The Morgan fingerprint density at radius 3 is 2.38 bits per heavy atom. The zero-order chi connectivity index (χ0) is 15.6. The Morgan fingerprint density at radius 2 is 1.81 bits per heavy atom. The van der Waals surface area contributed by atoms with Crippen LogP contribution in [-0.2, 0) is 9.59 Å². The van der Waals surface area contributed by atoms with Crippen molar-refractivity contribution in [3.63, 3.8) is 0 Å². The van der Waals surface area contributed by atoms with E-state index in [1.165, 1.54) is 0 Å². The van der Waals surface area contributed by atoms with Gasteiger partial charge in [-0.25, -0.2) is 0 Å². The molecule has 0 aromatic heterocycles. The molecule has 1 saturated carbocycles. The molecule has 3 N–H and O–H groups in total. The lowest BCUT2D eigenvalue weighted by Crippen LogP contribution is -2.53. The molecule has 5 nitrogen and oxygen atoms in total. The predicted octanol–water partition coefficient (Wildman–Crippen LogP) is 1.32. The van der Waals surface area contributed by atoms with Crippen molar-refractivity contribution in [3.05, 3.63) is 0 Å². The van der Waals surface area contributed by atoms with Crippen LogP contribution in [0.3, 0.4) is 0 Å². The molecule has 1 saturated heterocycles. The molecule has 2 fully saturated rings. The summed E-state index contributed by atoms with van der Waals surface area (Å²) in [4.78, 5) is 26.7. The maximum Gasteiger partial charge on any atom is 0.243 e. The molecule has 21 heavy (non-hydrogen) atoms. The number of carbonyl (C=O) groups is 2. The Morgan fingerprint density at radius 1 is 1.19 bits per heavy atom. The van der Waals surface area contributed by atoms with Crippen molar-refractivity contribution in [1.82, 2.24) is 10.2 Å². The van der Waals surface area contributed by atoms with Crippen molar-refractivity contribution in [1.29, 1.82) is 0 Å². The SMILES string of the molecule is CC(C)(C)C(=O)N1CSCC1C(=O)NC1CCC(N)CC1. The summed E-state index contributed by atoms with van der Waals surface area (Å²) in [6, 6.07) is 0.172. The average Bonchev–Trinajstić information content (AvgIpc) is 2.88. The second-order valence-corrected chi connectivity index (χ2v) is 8.16. The van der Waals surface area contributed by atoms with Crippen LogP contribution in [0.5, 0.6) is 0 Å². The molecule has 1 atom stereocenters. The van der Waals surface area contributed by atoms with E-state index in [2.05, 4.69) is 5.32 Å². The Hall–Kier alpha value is -0.750. The highest BCUT2D eigenvalue weighted by Crippen LogP contribution is 2.28. The van der Waals surface area contributed by atoms with Crippen molar-refractivity contribution in [3.8, 4) is 0 Å². The van der Waals surface area contributed by atoms with Gasteiger partial charge in [0.05, 0.1) is 5.88 Å². The van der Waals surface area contributed by atoms with E-state index >= 15 is 0 Å². The van der Waals surface area contributed by atoms with Crippen molar-refractivity contribution < 1.29 is 9.59 Å². The minimum Gasteiger partial charge on any atom is -0.352 e. The topological polar surface area (TPSA) is 75.4 Å². The number of nitrogens with zero attached hydrogens (tertiary/aromatic N) is 1. The van der Waals surface area contributed by atoms with Crippen LogP contribution in [0.1, 0.15) is 46.5 Å². The second-order valence-electron chi connectivity index (χ2n) is 7.16. The number of thioether (sulfide) groups is 1. The molecule has 1 unspecified atom stereocenters. The third kappa shape index (κ3) is 4.13. The summed E-state index contributed by atoms with van der Waals surface area (Å²) in [6.45, 7) is 5.70. The predicted molar refractivity (Wildman–Crippen MR) is 85.8 cm³/mol. The molecule has 2 amide bonds. The first-order valence-corrected chi connectivity index (χ1v) is 8.89. The fraction of sp³-hybridized carbons (Fsp3) is 0.867. The van der Waals surface area contributed by atoms with E-state index in [0.29, 0.717) is 11.6 Å². The van der Waals surface area contributed by atoms with Crippen LogP contribution < -0.4 is 11.1 Å². The molecule has 1 aliphatic heterocycles. The maximum atomic E-state index is 12.5. The normalized spacial score (nSPS) is 30.3. The Bertz CT molecular complexity index is 400. The summed E-state index contributed by atoms with van der Waals surface area (Å²) in [6.07, 6.45) is 3.82. The van der Waals surface area contributed by atoms with E-state index in [1.807, 2.05) is 20.8 Å². The molecule has 2 aliphatic rings. The first-order chi connectivity index (χ1) is 9.79. The average molecular weight is 313 g/mol. The van der Waals surface area contributed by atoms with Crippen molar-refractivity contribution in [2.75, 3.05) is 11.6 Å². The summed E-state index contributed by atoms with van der Waals surface area (Å²) < 4.78 is 0. The lowest BCUT2D eigenvalue weighted by molar-refractivity contribution is -0.144. The van der Waals surface area contributed by atoms with Gasteiger partial charge >= 0.3 is 0 Å². The quantitative estimate of drug-likeness (QED) is 0.806. The zero-order valence-electron chi connectivity index (χ0n) is 13.2. The van der Waals surface area contributed by atoms with Gasteiger partial charge in [-0.05, 0) is 25.7 Å². The van der Waals surface area contributed by atoms with Crippen LogP contribution in [0.4, 0.5) is 0 Å². The number of hydrogen-bond donors (Lipinski definition) is 2. The van der Waals surface area contributed by atoms with Gasteiger partial charge in [-0.1, -0.05) is 20.8 Å². The van der Waals surface area contributed by atoms with Gasteiger partial charge in [0, 0.05) is 23.3 Å². The lowest BCUT2D eigenvalue weighted by Gasteiger charge is -2.32. The third-order valence-electron chi connectivity index (χ3n) is 4.21. The van der Waals surface area contributed by atoms with Crippen molar-refractivity contribution in [2.24, 2.45) is 11.1 Å². The van der Waals surface area contributed by atoms with Crippen LogP contribution in [0.2, 0.25) is 0 Å². The minimum absolute atomic E-state index is 0.00179. The number of amides is 2. The van der Waals surface area contributed by atoms with Gasteiger partial charge in [-0.15, -0.1) is 11.8 Å². The molecule has 0 aromatic rings. The number of carbonyl (C=O) groups excluding carboxylic acids is 2. The molecule has 0 aromatic carbocycles. The van der Waals surface area contributed by atoms with Gasteiger partial charge in [-0.2, -0.15) is 0 Å². The second kappa shape index (κ2) is 6.57. The molecule has 1 aliphatic carbocycles. The van der Waals surface area contributed by atoms with Crippen molar-refractivity contribution >= 4 is 23.6 Å². The summed E-state index contributed by atoms with van der Waals surface area (Å²) in [5.74, 6) is 1.36. The van der Waals surface area contributed by atoms with Crippen LogP contribution in [-0.4, -0.2) is 46.5 Å². The Balaban J connectivity index is 1.93. The molecule has 6 heteroatoms. The van der Waals surface area contributed by atoms with Crippen LogP contribution in [0.15, 0.2) is 0 Å². The van der Waals surface area contributed by atoms with Crippen molar-refractivity contribution in [2.45, 2.75) is 64.6 Å². The smallest absolute Gasteiger partial charge is 0.243 e. The number of hydrogen-bond acceptors (Lipinski definition) is 4. The highest BCUT2D eigenvalue weighted by Gasteiger charge is 2.39. The highest BCUT2D eigenvalue weighted by molar-refractivity contribution is 7.99. The maximum absolute atomic E-state index is 12.5. The standard InChI is InChI=1S/C15H27N3O2S/c1-15(2,3)14(20)18-9-21-8-12(18)13(19)17-11-6-4-10(16)5-7-11/h10-12H,4-9,16H2,1-3H3,(H,17,19). The van der Waals surface area contributed by atoms with Gasteiger partial charge in [0.1, 0.15) is 6.04 Å². The summed E-state index contributed by atoms with van der Waals surface area (Å²) in [5, 5.41) is 3.12. The molecule has 0 radical (unpaired) electrons. The van der Waals surface area contributed by atoms with E-state index in [-0.39, 0.29) is 29.9 Å². The molecule has 2 rings (SSSR count). The molecular weight excluding hydrogens is 286 g/mol. The fourth-order valence-electron chi connectivity index (χ4n) is 2.85.